The Hall–Kier alpha value is -3.53. The molecular weight excluding hydrogens is 562 g/mol. The third kappa shape index (κ3) is 9.50. The van der Waals surface area contributed by atoms with Gasteiger partial charge in [-0.25, -0.2) is 4.98 Å². The van der Waals surface area contributed by atoms with Crippen LogP contribution in [0.5, 0.6) is 0 Å². The monoisotopic (exact) mass is 619 g/mol. The fourth-order valence-electron chi connectivity index (χ4n) is 6.59. The lowest BCUT2D eigenvalue weighted by Crippen LogP contribution is -2.31. The number of rotatable bonds is 20. The fourth-order valence-corrected chi connectivity index (χ4v) is 6.59. The molecule has 4 aromatic rings. The highest BCUT2D eigenvalue weighted by molar-refractivity contribution is 5.81. The van der Waals surface area contributed by atoms with Gasteiger partial charge < -0.3 is 4.42 Å². The van der Waals surface area contributed by atoms with Crippen LogP contribution in [0.2, 0.25) is 0 Å². The van der Waals surface area contributed by atoms with E-state index in [1.54, 1.807) is 0 Å². The van der Waals surface area contributed by atoms with E-state index in [0.717, 1.165) is 41.7 Å². The van der Waals surface area contributed by atoms with Crippen molar-refractivity contribution in [2.45, 2.75) is 130 Å². The predicted octanol–water partition coefficient (Wildman–Crippen LogP) is 12.0. The molecule has 0 spiro atoms. The topological polar surface area (TPSA) is 41.3 Å². The summed E-state index contributed by atoms with van der Waals surface area (Å²) in [6, 6.07) is 22.3. The summed E-state index contributed by atoms with van der Waals surface area (Å²) in [5.74, 6) is 0.707. The maximum atomic E-state index is 6.36. The molecule has 2 heterocycles. The summed E-state index contributed by atoms with van der Waals surface area (Å²) in [5.41, 5.74) is 14.3. The number of hydrogen-bond acceptors (Lipinski definition) is 4. The van der Waals surface area contributed by atoms with Crippen LogP contribution >= 0.6 is 0 Å². The van der Waals surface area contributed by atoms with Gasteiger partial charge >= 0.3 is 0 Å². The Morgan fingerprint density at radius 3 is 1.93 bits per heavy atom. The SMILES string of the molecule is CCCCCCCCCCCCc1ccc(C2=CCN(c3ccc(-c4nc5c(CCCC)cc(CCCC)cc5o4)cc3)N2)cc1. The second-order valence-corrected chi connectivity index (χ2v) is 13.3. The number of aromatic nitrogens is 1. The standard InChI is InChI=1S/C42H57N3O/c1-4-7-10-11-12-13-14-15-16-17-19-33-21-23-35(24-22-33)39-29-30-45(44-39)38-27-25-36(26-28-38)42-43-41-37(20-9-6-3)31-34(18-8-5-2)32-40(41)46-42/h21-29,31-32,44H,4-20,30H2,1-3H3. The number of hydrazine groups is 1. The van der Waals surface area contributed by atoms with Crippen LogP contribution in [0.3, 0.4) is 0 Å². The Kier molecular flexibility index (Phi) is 13.2. The van der Waals surface area contributed by atoms with Crippen molar-refractivity contribution >= 4 is 22.5 Å². The zero-order valence-corrected chi connectivity index (χ0v) is 28.9. The maximum Gasteiger partial charge on any atom is 0.227 e. The molecular formula is C42H57N3O. The Morgan fingerprint density at radius 1 is 0.630 bits per heavy atom. The average molecular weight is 620 g/mol. The molecule has 0 atom stereocenters. The largest absolute Gasteiger partial charge is 0.436 e. The van der Waals surface area contributed by atoms with Crippen LogP contribution < -0.4 is 10.4 Å². The number of benzene rings is 3. The van der Waals surface area contributed by atoms with Crippen LogP contribution in [0.25, 0.3) is 28.3 Å². The first kappa shape index (κ1) is 33.8. The molecule has 0 saturated carbocycles. The van der Waals surface area contributed by atoms with Gasteiger partial charge in [-0.1, -0.05) is 122 Å². The lowest BCUT2D eigenvalue weighted by atomic mass is 10.0. The Morgan fingerprint density at radius 2 is 1.24 bits per heavy atom. The van der Waals surface area contributed by atoms with Crippen LogP contribution in [0.15, 0.2) is 71.2 Å². The maximum absolute atomic E-state index is 6.36. The molecule has 4 nitrogen and oxygen atoms in total. The third-order valence-corrected chi connectivity index (χ3v) is 9.50. The molecule has 0 unspecified atom stereocenters. The minimum Gasteiger partial charge on any atom is -0.436 e. The molecule has 0 radical (unpaired) electrons. The van der Waals surface area contributed by atoms with Gasteiger partial charge in [0.1, 0.15) is 5.52 Å². The summed E-state index contributed by atoms with van der Waals surface area (Å²) in [5, 5.41) is 2.20. The van der Waals surface area contributed by atoms with Crippen molar-refractivity contribution in [1.29, 1.82) is 0 Å². The van der Waals surface area contributed by atoms with Crippen LogP contribution in [0, 0.1) is 0 Å². The molecule has 1 aromatic heterocycles. The molecule has 1 N–H and O–H groups in total. The summed E-state index contributed by atoms with van der Waals surface area (Å²) in [6.07, 6.45) is 24.2. The second kappa shape index (κ2) is 18.0. The van der Waals surface area contributed by atoms with Gasteiger partial charge in [0.15, 0.2) is 5.58 Å². The van der Waals surface area contributed by atoms with Gasteiger partial charge in [0.25, 0.3) is 0 Å². The van der Waals surface area contributed by atoms with Crippen LogP contribution in [-0.2, 0) is 19.3 Å². The molecule has 246 valence electrons. The van der Waals surface area contributed by atoms with Crippen LogP contribution in [0.4, 0.5) is 5.69 Å². The van der Waals surface area contributed by atoms with Crippen molar-refractivity contribution in [3.05, 3.63) is 89.0 Å². The first-order chi connectivity index (χ1) is 22.7. The number of anilines is 1. The lowest BCUT2D eigenvalue weighted by Gasteiger charge is -2.20. The fraction of sp³-hybridized carbons (Fsp3) is 0.500. The van der Waals surface area contributed by atoms with E-state index in [9.17, 15) is 0 Å². The van der Waals surface area contributed by atoms with E-state index in [2.05, 4.69) is 97.9 Å². The molecule has 0 aliphatic carbocycles. The summed E-state index contributed by atoms with van der Waals surface area (Å²) in [4.78, 5) is 4.98. The first-order valence-corrected chi connectivity index (χ1v) is 18.5. The zero-order valence-electron chi connectivity index (χ0n) is 28.9. The summed E-state index contributed by atoms with van der Waals surface area (Å²) in [7, 11) is 0. The third-order valence-electron chi connectivity index (χ3n) is 9.50. The number of nitrogens with one attached hydrogen (secondary N) is 1. The number of unbranched alkanes of at least 4 members (excludes halogenated alkanes) is 11. The highest BCUT2D eigenvalue weighted by atomic mass is 16.3. The normalized spacial score (nSPS) is 13.0. The number of aryl methyl sites for hydroxylation is 3. The average Bonchev–Trinajstić information content (AvgIpc) is 3.76. The number of nitrogens with zero attached hydrogens (tertiary/aromatic N) is 2. The first-order valence-electron chi connectivity index (χ1n) is 18.5. The number of oxazole rings is 1. The summed E-state index contributed by atoms with van der Waals surface area (Å²) < 4.78 is 6.36. The van der Waals surface area contributed by atoms with Crippen LogP contribution in [-0.4, -0.2) is 11.5 Å². The Labute approximate surface area is 278 Å². The zero-order chi connectivity index (χ0) is 32.0. The van der Waals surface area contributed by atoms with Crippen molar-refractivity contribution in [2.75, 3.05) is 11.6 Å². The van der Waals surface area contributed by atoms with Crippen molar-refractivity contribution in [3.63, 3.8) is 0 Å². The predicted molar refractivity (Wildman–Crippen MR) is 197 cm³/mol. The van der Waals surface area contributed by atoms with Gasteiger partial charge in [-0.2, -0.15) is 0 Å². The minimum atomic E-state index is 0.707. The highest BCUT2D eigenvalue weighted by Crippen LogP contribution is 2.31. The Balaban J connectivity index is 1.11. The van der Waals surface area contributed by atoms with Gasteiger partial charge in [0.05, 0.1) is 17.9 Å². The van der Waals surface area contributed by atoms with E-state index < -0.39 is 0 Å². The molecule has 4 heteroatoms. The molecule has 1 aliphatic rings. The molecule has 3 aromatic carbocycles. The summed E-state index contributed by atoms with van der Waals surface area (Å²) >= 11 is 0. The highest BCUT2D eigenvalue weighted by Gasteiger charge is 2.17. The van der Waals surface area contributed by atoms with E-state index in [0.29, 0.717) is 5.89 Å². The number of hydrogen-bond donors (Lipinski definition) is 1. The van der Waals surface area contributed by atoms with Crippen molar-refractivity contribution in [2.24, 2.45) is 0 Å². The summed E-state index contributed by atoms with van der Waals surface area (Å²) in [6.45, 7) is 7.62. The van der Waals surface area contributed by atoms with Gasteiger partial charge in [-0.05, 0) is 97.2 Å². The van der Waals surface area contributed by atoms with Gasteiger partial charge in [-0.15, -0.1) is 0 Å². The van der Waals surface area contributed by atoms with Crippen molar-refractivity contribution in [3.8, 4) is 11.5 Å². The molecule has 5 rings (SSSR count). The van der Waals surface area contributed by atoms with Gasteiger partial charge in [0.2, 0.25) is 5.89 Å². The molecule has 0 fully saturated rings. The second-order valence-electron chi connectivity index (χ2n) is 13.3. The van der Waals surface area contributed by atoms with E-state index in [1.807, 2.05) is 0 Å². The van der Waals surface area contributed by atoms with E-state index in [1.165, 1.54) is 124 Å². The molecule has 0 saturated heterocycles. The molecule has 1 aliphatic heterocycles. The smallest absolute Gasteiger partial charge is 0.227 e. The Bertz CT molecular complexity index is 1500. The van der Waals surface area contributed by atoms with Gasteiger partial charge in [0, 0.05) is 5.56 Å². The molecule has 46 heavy (non-hydrogen) atoms. The van der Waals surface area contributed by atoms with Gasteiger partial charge in [-0.3, -0.25) is 10.4 Å². The lowest BCUT2D eigenvalue weighted by molar-refractivity contribution is 0.556. The van der Waals surface area contributed by atoms with E-state index in [-0.39, 0.29) is 0 Å². The van der Waals surface area contributed by atoms with Crippen molar-refractivity contribution < 1.29 is 4.42 Å². The van der Waals surface area contributed by atoms with Crippen LogP contribution in [0.1, 0.15) is 133 Å². The van der Waals surface area contributed by atoms with E-state index >= 15 is 0 Å². The number of fused-ring (bicyclic) bond motifs is 1. The van der Waals surface area contributed by atoms with E-state index in [4.69, 9.17) is 9.40 Å². The minimum absolute atomic E-state index is 0.707. The van der Waals surface area contributed by atoms with Crippen molar-refractivity contribution in [1.82, 2.24) is 10.4 Å². The molecule has 0 amide bonds. The quantitative estimate of drug-likeness (QED) is 0.0999. The molecule has 0 bridgehead atoms.